The van der Waals surface area contributed by atoms with Gasteiger partial charge < -0.3 is 9.15 Å². The van der Waals surface area contributed by atoms with E-state index in [0.29, 0.717) is 37.1 Å². The number of esters is 1. The van der Waals surface area contributed by atoms with Crippen LogP contribution in [0.5, 0.6) is 0 Å². The number of ether oxygens (including phenoxy) is 1. The Kier molecular flexibility index (Phi) is 7.56. The summed E-state index contributed by atoms with van der Waals surface area (Å²) in [5.74, 6) is 0.630. The van der Waals surface area contributed by atoms with Crippen LogP contribution in [-0.2, 0) is 9.53 Å². The number of hydrogen-bond acceptors (Lipinski definition) is 7. The zero-order chi connectivity index (χ0) is 26.8. The Bertz CT molecular complexity index is 1750. The number of fused-ring (bicyclic) bond motifs is 1. The molecule has 1 aliphatic heterocycles. The first kappa shape index (κ1) is 26.0. The van der Waals surface area contributed by atoms with Gasteiger partial charge in [-0.3, -0.25) is 9.36 Å². The number of furan rings is 1. The number of thioether (sulfide) groups is 1. The molecule has 0 saturated carbocycles. The first-order chi connectivity index (χ1) is 18.4. The number of benzene rings is 2. The van der Waals surface area contributed by atoms with E-state index in [1.807, 2.05) is 54.8 Å². The zero-order valence-corrected chi connectivity index (χ0v) is 23.0. The number of hydrogen-bond donors (Lipinski definition) is 0. The summed E-state index contributed by atoms with van der Waals surface area (Å²) < 4.78 is 13.4. The average molecular weight is 563 g/mol. The van der Waals surface area contributed by atoms with Gasteiger partial charge in [0.25, 0.3) is 5.56 Å². The van der Waals surface area contributed by atoms with E-state index in [9.17, 15) is 9.59 Å². The van der Waals surface area contributed by atoms with E-state index in [2.05, 4.69) is 11.6 Å². The van der Waals surface area contributed by atoms with E-state index < -0.39 is 12.0 Å². The third kappa shape index (κ3) is 5.07. The summed E-state index contributed by atoms with van der Waals surface area (Å²) in [6.45, 7) is 5.44. The molecule has 38 heavy (non-hydrogen) atoms. The Hall–Kier alpha value is -3.59. The molecule has 2 aromatic carbocycles. The van der Waals surface area contributed by atoms with E-state index in [1.165, 1.54) is 17.4 Å². The molecule has 6 nitrogen and oxygen atoms in total. The van der Waals surface area contributed by atoms with Crippen LogP contribution in [0.3, 0.4) is 0 Å². The van der Waals surface area contributed by atoms with Crippen molar-refractivity contribution in [2.24, 2.45) is 4.99 Å². The third-order valence-electron chi connectivity index (χ3n) is 6.01. The number of carbonyl (C=O) groups is 1. The van der Waals surface area contributed by atoms with E-state index in [0.717, 1.165) is 16.0 Å². The fourth-order valence-corrected chi connectivity index (χ4v) is 5.88. The van der Waals surface area contributed by atoms with Crippen LogP contribution >= 0.6 is 34.7 Å². The van der Waals surface area contributed by atoms with Crippen molar-refractivity contribution in [3.05, 3.63) is 121 Å². The number of allylic oxidation sites excluding steroid dienone is 1. The van der Waals surface area contributed by atoms with Gasteiger partial charge in [-0.1, -0.05) is 59.9 Å². The van der Waals surface area contributed by atoms with Crippen molar-refractivity contribution in [1.82, 2.24) is 4.57 Å². The summed E-state index contributed by atoms with van der Waals surface area (Å²) in [4.78, 5) is 33.1. The Balaban J connectivity index is 1.62. The van der Waals surface area contributed by atoms with Crippen LogP contribution in [0.4, 0.5) is 0 Å². The highest BCUT2D eigenvalue weighted by Crippen LogP contribution is 2.32. The largest absolute Gasteiger partial charge is 0.458 e. The predicted molar refractivity (Wildman–Crippen MR) is 152 cm³/mol. The zero-order valence-electron chi connectivity index (χ0n) is 20.6. The molecule has 0 N–H and O–H groups in total. The molecule has 5 rings (SSSR count). The van der Waals surface area contributed by atoms with Crippen LogP contribution in [0.2, 0.25) is 5.02 Å². The Labute approximate surface area is 232 Å². The minimum atomic E-state index is -0.680. The average Bonchev–Trinajstić information content (AvgIpc) is 3.51. The predicted octanol–water partition coefficient (Wildman–Crippen LogP) is 5.60. The second kappa shape index (κ2) is 11.0. The summed E-state index contributed by atoms with van der Waals surface area (Å²) in [6, 6.07) is 18.1. The molecule has 2 aromatic heterocycles. The van der Waals surface area contributed by atoms with E-state index >= 15 is 0 Å². The van der Waals surface area contributed by atoms with Crippen molar-refractivity contribution in [2.45, 2.75) is 17.9 Å². The summed E-state index contributed by atoms with van der Waals surface area (Å²) in [7, 11) is 0. The normalized spacial score (nSPS) is 15.2. The van der Waals surface area contributed by atoms with Gasteiger partial charge in [0.15, 0.2) is 4.80 Å². The van der Waals surface area contributed by atoms with Gasteiger partial charge in [0.1, 0.15) is 18.1 Å². The lowest BCUT2D eigenvalue weighted by molar-refractivity contribution is -0.138. The highest BCUT2D eigenvalue weighted by molar-refractivity contribution is 7.98. The summed E-state index contributed by atoms with van der Waals surface area (Å²) in [5, 5.41) is 0.608. The van der Waals surface area contributed by atoms with Gasteiger partial charge in [-0.05, 0) is 55.1 Å². The molecule has 0 spiro atoms. The van der Waals surface area contributed by atoms with Crippen molar-refractivity contribution in [1.29, 1.82) is 0 Å². The summed E-state index contributed by atoms with van der Waals surface area (Å²) in [5.41, 5.74) is 2.19. The number of carbonyl (C=O) groups excluding carboxylic acids is 1. The molecule has 0 fully saturated rings. The lowest BCUT2D eigenvalue weighted by atomic mass is 9.96. The quantitative estimate of drug-likeness (QED) is 0.166. The molecule has 0 radical (unpaired) electrons. The molecule has 4 aromatic rings. The van der Waals surface area contributed by atoms with Crippen LogP contribution in [-0.4, -0.2) is 23.4 Å². The smallest absolute Gasteiger partial charge is 0.338 e. The second-order valence-electron chi connectivity index (χ2n) is 8.45. The summed E-state index contributed by atoms with van der Waals surface area (Å²) in [6.07, 6.45) is 5.19. The SMILES string of the molecule is C=CCOC(=O)C1=C(C)N=c2s/c(=C/c3ccc(-c4cccc(Cl)c4)o3)c(=O)n2[C@@H]1c1ccc(SC)cc1. The number of thiazole rings is 1. The second-order valence-corrected chi connectivity index (χ2v) is 10.8. The van der Waals surface area contributed by atoms with Gasteiger partial charge in [-0.25, -0.2) is 9.79 Å². The van der Waals surface area contributed by atoms with Gasteiger partial charge in [0.2, 0.25) is 0 Å². The maximum Gasteiger partial charge on any atom is 0.338 e. The van der Waals surface area contributed by atoms with Crippen LogP contribution in [0, 0.1) is 0 Å². The first-order valence-corrected chi connectivity index (χ1v) is 14.1. The molecule has 0 bridgehead atoms. The number of aromatic nitrogens is 1. The molecule has 0 amide bonds. The van der Waals surface area contributed by atoms with Crippen molar-refractivity contribution >= 4 is 46.7 Å². The molecule has 1 aliphatic rings. The Morgan fingerprint density at radius 2 is 2.03 bits per heavy atom. The highest BCUT2D eigenvalue weighted by atomic mass is 35.5. The highest BCUT2D eigenvalue weighted by Gasteiger charge is 2.33. The molecule has 9 heteroatoms. The number of nitrogens with zero attached hydrogens (tertiary/aromatic N) is 2. The van der Waals surface area contributed by atoms with E-state index in [1.54, 1.807) is 41.5 Å². The van der Waals surface area contributed by atoms with Crippen LogP contribution in [0.15, 0.2) is 104 Å². The number of rotatable bonds is 7. The standard InChI is InChI=1S/C29H23ClN2O4S2/c1-4-14-35-28(34)25-17(2)31-29-32(26(25)18-8-11-22(37-3)12-9-18)27(33)24(38-29)16-21-10-13-23(36-21)19-6-5-7-20(30)15-19/h4-13,15-16,26H,1,14H2,2-3H3/b24-16+/t26-/m1/s1. The Morgan fingerprint density at radius 1 is 1.24 bits per heavy atom. The first-order valence-electron chi connectivity index (χ1n) is 11.7. The van der Waals surface area contributed by atoms with Crippen molar-refractivity contribution in [3.8, 4) is 11.3 Å². The van der Waals surface area contributed by atoms with E-state index in [-0.39, 0.29) is 12.2 Å². The molecule has 192 valence electrons. The van der Waals surface area contributed by atoms with Crippen molar-refractivity contribution < 1.29 is 13.9 Å². The lowest BCUT2D eigenvalue weighted by Gasteiger charge is -2.24. The molecular weight excluding hydrogens is 540 g/mol. The van der Waals surface area contributed by atoms with Gasteiger partial charge in [0.05, 0.1) is 21.8 Å². The van der Waals surface area contributed by atoms with Gasteiger partial charge >= 0.3 is 5.97 Å². The number of halogens is 1. The van der Waals surface area contributed by atoms with Gasteiger partial charge in [0, 0.05) is 21.6 Å². The Morgan fingerprint density at radius 3 is 2.74 bits per heavy atom. The monoisotopic (exact) mass is 562 g/mol. The molecule has 0 unspecified atom stereocenters. The maximum absolute atomic E-state index is 13.8. The maximum atomic E-state index is 13.8. The van der Waals surface area contributed by atoms with Crippen molar-refractivity contribution in [3.63, 3.8) is 0 Å². The third-order valence-corrected chi connectivity index (χ3v) is 7.98. The summed E-state index contributed by atoms with van der Waals surface area (Å²) >= 11 is 8.98. The molecule has 0 aliphatic carbocycles. The molecular formula is C29H23ClN2O4S2. The molecule has 0 saturated heterocycles. The fourth-order valence-electron chi connectivity index (χ4n) is 4.25. The van der Waals surface area contributed by atoms with Crippen LogP contribution in [0.1, 0.15) is 24.3 Å². The van der Waals surface area contributed by atoms with E-state index in [4.69, 9.17) is 20.8 Å². The van der Waals surface area contributed by atoms with Gasteiger partial charge in [-0.15, -0.1) is 11.8 Å². The minimum absolute atomic E-state index is 0.0611. The van der Waals surface area contributed by atoms with Crippen LogP contribution < -0.4 is 14.9 Å². The fraction of sp³-hybridized carbons (Fsp3) is 0.138. The topological polar surface area (TPSA) is 73.8 Å². The molecule has 3 heterocycles. The van der Waals surface area contributed by atoms with Gasteiger partial charge in [-0.2, -0.15) is 0 Å². The minimum Gasteiger partial charge on any atom is -0.458 e. The molecule has 1 atom stereocenters. The lowest BCUT2D eigenvalue weighted by Crippen LogP contribution is -2.39. The van der Waals surface area contributed by atoms with Crippen LogP contribution in [0.25, 0.3) is 17.4 Å². The van der Waals surface area contributed by atoms with Crippen molar-refractivity contribution in [2.75, 3.05) is 12.9 Å².